The summed E-state index contributed by atoms with van der Waals surface area (Å²) in [5.41, 5.74) is -0.461. The van der Waals surface area contributed by atoms with Crippen molar-refractivity contribution in [3.05, 3.63) is 36.4 Å². The molecule has 134 valence electrons. The average Bonchev–Trinajstić information content (AvgIpc) is 2.98. The van der Waals surface area contributed by atoms with E-state index >= 15 is 0 Å². The third-order valence-electron chi connectivity index (χ3n) is 3.00. The van der Waals surface area contributed by atoms with Gasteiger partial charge in [0.2, 0.25) is 0 Å². The summed E-state index contributed by atoms with van der Waals surface area (Å²) in [5, 5.41) is 8.63. The van der Waals surface area contributed by atoms with Crippen LogP contribution < -0.4 is 0 Å². The Bertz CT molecular complexity index is 454. The van der Waals surface area contributed by atoms with Gasteiger partial charge in [-0.1, -0.05) is 36.4 Å². The fourth-order valence-corrected chi connectivity index (χ4v) is 2.10. The third-order valence-corrected chi connectivity index (χ3v) is 3.00. The van der Waals surface area contributed by atoms with Crippen LogP contribution in [0.5, 0.6) is 0 Å². The van der Waals surface area contributed by atoms with Crippen LogP contribution in [0.3, 0.4) is 0 Å². The number of likely N-dealkylation sites (tertiary alicyclic amines) is 1. The van der Waals surface area contributed by atoms with Gasteiger partial charge in [0, 0.05) is 12.6 Å². The molecule has 0 bridgehead atoms. The molecule has 4 nitrogen and oxygen atoms in total. The molecule has 5 heteroatoms. The van der Waals surface area contributed by atoms with Crippen molar-refractivity contribution in [2.24, 2.45) is 0 Å². The van der Waals surface area contributed by atoms with Crippen LogP contribution >= 0.6 is 11.8 Å². The van der Waals surface area contributed by atoms with Crippen LogP contribution in [0.1, 0.15) is 40.0 Å². The molecule has 1 fully saturated rings. The Morgan fingerprint density at radius 3 is 2.04 bits per heavy atom. The molecule has 1 saturated heterocycles. The Morgan fingerprint density at radius 2 is 1.67 bits per heavy atom. The number of carbonyl (C=O) groups is 1. The Morgan fingerprint density at radius 1 is 1.21 bits per heavy atom. The van der Waals surface area contributed by atoms with Crippen LogP contribution in [0.15, 0.2) is 36.4 Å². The van der Waals surface area contributed by atoms with E-state index in [0.29, 0.717) is 13.0 Å². The average molecular weight is 351 g/mol. The number of benzene rings is 1. The van der Waals surface area contributed by atoms with E-state index in [1.165, 1.54) is 0 Å². The zero-order chi connectivity index (χ0) is 18.4. The summed E-state index contributed by atoms with van der Waals surface area (Å²) in [6.07, 6.45) is 6.07. The monoisotopic (exact) mass is 350 g/mol. The first kappa shape index (κ1) is 22.3. The van der Waals surface area contributed by atoms with Gasteiger partial charge in [0.1, 0.15) is 5.60 Å². The van der Waals surface area contributed by atoms with Gasteiger partial charge in [0.05, 0.1) is 12.5 Å². The molecule has 1 aliphatic heterocycles. The number of nitriles is 1. The molecular formula is C19H30N2O2S. The third kappa shape index (κ3) is 11.0. The van der Waals surface area contributed by atoms with Gasteiger partial charge in [0.25, 0.3) is 0 Å². The van der Waals surface area contributed by atoms with Crippen LogP contribution in [-0.4, -0.2) is 41.7 Å². The van der Waals surface area contributed by atoms with Crippen molar-refractivity contribution < 1.29 is 9.53 Å². The molecule has 1 heterocycles. The second-order valence-corrected chi connectivity index (χ2v) is 7.21. The van der Waals surface area contributed by atoms with Crippen molar-refractivity contribution in [1.82, 2.24) is 4.90 Å². The first-order valence-corrected chi connectivity index (χ1v) is 9.75. The van der Waals surface area contributed by atoms with E-state index in [2.05, 4.69) is 6.07 Å². The SMILES string of the molecule is CC(C)(C)OC(=O)N1CCC[C@H]1CC#N.CSC.c1ccccc1. The number of carbonyl (C=O) groups excluding carboxylic acids is 1. The Balaban J connectivity index is 0.000000482. The second kappa shape index (κ2) is 12.7. The smallest absolute Gasteiger partial charge is 0.410 e. The molecule has 2 rings (SSSR count). The zero-order valence-corrected chi connectivity index (χ0v) is 16.3. The van der Waals surface area contributed by atoms with Gasteiger partial charge in [-0.25, -0.2) is 4.79 Å². The fraction of sp³-hybridized carbons (Fsp3) is 0.579. The van der Waals surface area contributed by atoms with Crippen molar-refractivity contribution in [1.29, 1.82) is 5.26 Å². The van der Waals surface area contributed by atoms with Crippen molar-refractivity contribution in [3.8, 4) is 6.07 Å². The van der Waals surface area contributed by atoms with Gasteiger partial charge in [-0.05, 0) is 46.1 Å². The lowest BCUT2D eigenvalue weighted by Crippen LogP contribution is -2.39. The lowest BCUT2D eigenvalue weighted by atomic mass is 10.2. The maximum atomic E-state index is 11.7. The van der Waals surface area contributed by atoms with E-state index in [4.69, 9.17) is 10.00 Å². The van der Waals surface area contributed by atoms with Crippen molar-refractivity contribution in [2.45, 2.75) is 51.7 Å². The molecule has 0 saturated carbocycles. The van der Waals surface area contributed by atoms with E-state index in [-0.39, 0.29) is 12.1 Å². The Kier molecular flexibility index (Phi) is 11.8. The van der Waals surface area contributed by atoms with E-state index in [0.717, 1.165) is 12.8 Å². The van der Waals surface area contributed by atoms with Gasteiger partial charge >= 0.3 is 6.09 Å². The van der Waals surface area contributed by atoms with E-state index in [1.54, 1.807) is 16.7 Å². The number of amides is 1. The predicted molar refractivity (Wildman–Crippen MR) is 102 cm³/mol. The summed E-state index contributed by atoms with van der Waals surface area (Å²) in [5.74, 6) is 0. The minimum absolute atomic E-state index is 0.0462. The second-order valence-electron chi connectivity index (χ2n) is 6.39. The first-order chi connectivity index (χ1) is 11.4. The van der Waals surface area contributed by atoms with E-state index in [9.17, 15) is 4.79 Å². The van der Waals surface area contributed by atoms with Crippen molar-refractivity contribution in [3.63, 3.8) is 0 Å². The molecule has 0 N–H and O–H groups in total. The zero-order valence-electron chi connectivity index (χ0n) is 15.5. The van der Waals surface area contributed by atoms with Gasteiger partial charge in [-0.3, -0.25) is 0 Å². The molecule has 1 aliphatic rings. The summed E-state index contributed by atoms with van der Waals surface area (Å²) < 4.78 is 5.28. The van der Waals surface area contributed by atoms with Crippen molar-refractivity contribution >= 4 is 17.9 Å². The molecule has 1 atom stereocenters. The van der Waals surface area contributed by atoms with Crippen LogP contribution in [0.25, 0.3) is 0 Å². The highest BCUT2D eigenvalue weighted by Gasteiger charge is 2.31. The van der Waals surface area contributed by atoms with E-state index < -0.39 is 5.60 Å². The molecule has 0 radical (unpaired) electrons. The highest BCUT2D eigenvalue weighted by atomic mass is 32.2. The predicted octanol–water partition coefficient (Wildman–Crippen LogP) is 4.97. The Labute approximate surface area is 151 Å². The standard InChI is InChI=1S/C11H18N2O2.C6H6.C2H6S/c1-11(2,3)15-10(14)13-8-4-5-9(13)6-7-12;1-2-4-6-5-3-1;1-3-2/h9H,4-6,8H2,1-3H3;1-6H;1-2H3/t9-;;/m0../s1. The molecule has 0 spiro atoms. The lowest BCUT2D eigenvalue weighted by Gasteiger charge is -2.27. The molecular weight excluding hydrogens is 320 g/mol. The summed E-state index contributed by atoms with van der Waals surface area (Å²) in [4.78, 5) is 13.4. The largest absolute Gasteiger partial charge is 0.444 e. The number of hydrogen-bond acceptors (Lipinski definition) is 4. The fourth-order valence-electron chi connectivity index (χ4n) is 2.10. The minimum atomic E-state index is -0.461. The van der Waals surface area contributed by atoms with Crippen LogP contribution in [0, 0.1) is 11.3 Å². The number of nitrogens with zero attached hydrogens (tertiary/aromatic N) is 2. The first-order valence-electron chi connectivity index (χ1n) is 8.12. The lowest BCUT2D eigenvalue weighted by molar-refractivity contribution is 0.0229. The quantitative estimate of drug-likeness (QED) is 0.718. The number of hydrogen-bond donors (Lipinski definition) is 0. The molecule has 0 aromatic heterocycles. The highest BCUT2D eigenvalue weighted by Crippen LogP contribution is 2.22. The van der Waals surface area contributed by atoms with Crippen LogP contribution in [0.4, 0.5) is 4.79 Å². The number of ether oxygens (including phenoxy) is 1. The minimum Gasteiger partial charge on any atom is -0.444 e. The summed E-state index contributed by atoms with van der Waals surface area (Å²) in [6.45, 7) is 6.25. The van der Waals surface area contributed by atoms with E-state index in [1.807, 2.05) is 69.7 Å². The number of rotatable bonds is 1. The summed E-state index contributed by atoms with van der Waals surface area (Å²) >= 11 is 1.75. The van der Waals surface area contributed by atoms with Crippen LogP contribution in [0.2, 0.25) is 0 Å². The van der Waals surface area contributed by atoms with Crippen LogP contribution in [-0.2, 0) is 4.74 Å². The molecule has 24 heavy (non-hydrogen) atoms. The van der Waals surface area contributed by atoms with Crippen molar-refractivity contribution in [2.75, 3.05) is 19.1 Å². The maximum absolute atomic E-state index is 11.7. The van der Waals surface area contributed by atoms with Gasteiger partial charge in [0.15, 0.2) is 0 Å². The molecule has 1 amide bonds. The summed E-state index contributed by atoms with van der Waals surface area (Å²) in [7, 11) is 0. The maximum Gasteiger partial charge on any atom is 0.410 e. The van der Waals surface area contributed by atoms with Gasteiger partial charge < -0.3 is 9.64 Å². The highest BCUT2D eigenvalue weighted by molar-refractivity contribution is 7.97. The van der Waals surface area contributed by atoms with Gasteiger partial charge in [-0.2, -0.15) is 17.0 Å². The molecule has 0 aliphatic carbocycles. The van der Waals surface area contributed by atoms with Gasteiger partial charge in [-0.15, -0.1) is 0 Å². The number of thioether (sulfide) groups is 1. The molecule has 1 aromatic rings. The normalized spacial score (nSPS) is 16.0. The summed E-state index contributed by atoms with van der Waals surface area (Å²) in [6, 6.07) is 14.2. The topological polar surface area (TPSA) is 53.3 Å². The molecule has 0 unspecified atom stereocenters. The Hall–Kier alpha value is -1.67. The molecule has 1 aromatic carbocycles.